The summed E-state index contributed by atoms with van der Waals surface area (Å²) in [6.07, 6.45) is 1.42. The first-order valence-corrected chi connectivity index (χ1v) is 10.2. The van der Waals surface area contributed by atoms with E-state index in [0.717, 1.165) is 22.3 Å². The van der Waals surface area contributed by atoms with Crippen LogP contribution in [0.15, 0.2) is 102 Å². The van der Waals surface area contributed by atoms with Crippen molar-refractivity contribution >= 4 is 22.8 Å². The number of anilines is 1. The summed E-state index contributed by atoms with van der Waals surface area (Å²) in [4.78, 5) is 21.1. The molecule has 2 aromatic heterocycles. The smallest absolute Gasteiger partial charge is 0.244 e. The lowest BCUT2D eigenvalue weighted by molar-refractivity contribution is -0.118. The van der Waals surface area contributed by atoms with Gasteiger partial charge in [-0.3, -0.25) is 4.79 Å². The van der Waals surface area contributed by atoms with E-state index in [1.165, 1.54) is 6.33 Å². The van der Waals surface area contributed by atoms with E-state index in [9.17, 15) is 4.79 Å². The highest BCUT2D eigenvalue weighted by molar-refractivity contribution is 6.06. The number of amides is 1. The van der Waals surface area contributed by atoms with Gasteiger partial charge in [-0.2, -0.15) is 0 Å². The second kappa shape index (κ2) is 8.35. The van der Waals surface area contributed by atoms with Crippen molar-refractivity contribution in [3.8, 4) is 22.5 Å². The fourth-order valence-electron chi connectivity index (χ4n) is 3.82. The van der Waals surface area contributed by atoms with E-state index < -0.39 is 11.9 Å². The Labute approximate surface area is 184 Å². The van der Waals surface area contributed by atoms with Crippen molar-refractivity contribution in [3.05, 3.63) is 103 Å². The van der Waals surface area contributed by atoms with Crippen LogP contribution in [0, 0.1) is 0 Å². The molecule has 0 aliphatic carbocycles. The van der Waals surface area contributed by atoms with Crippen molar-refractivity contribution in [2.24, 2.45) is 5.73 Å². The van der Waals surface area contributed by atoms with E-state index in [2.05, 4.69) is 15.3 Å². The number of fused-ring (bicyclic) bond motifs is 1. The Morgan fingerprint density at radius 2 is 1.41 bits per heavy atom. The summed E-state index contributed by atoms with van der Waals surface area (Å²) >= 11 is 0. The summed E-state index contributed by atoms with van der Waals surface area (Å²) < 4.78 is 6.22. The van der Waals surface area contributed by atoms with Gasteiger partial charge in [0.05, 0.1) is 5.39 Å². The minimum atomic E-state index is -0.756. The van der Waals surface area contributed by atoms with Gasteiger partial charge in [-0.05, 0) is 11.1 Å². The standard InChI is InChI=1S/C26H20N4O2/c27-24(31)22(18-12-6-2-7-13-18)30-25-21-20(17-10-4-1-5-11-17)23(19-14-8-3-9-15-19)32-26(21)29-16-28-25/h1-16,22H,(H2,27,31)(H,28,29,30). The maximum absolute atomic E-state index is 12.3. The molecular weight excluding hydrogens is 400 g/mol. The third-order valence-electron chi connectivity index (χ3n) is 5.29. The van der Waals surface area contributed by atoms with E-state index in [1.807, 2.05) is 91.0 Å². The SMILES string of the molecule is NC(=O)C(Nc1ncnc2oc(-c3ccccc3)c(-c3ccccc3)c12)c1ccccc1. The number of carbonyl (C=O) groups excluding carboxylic acids is 1. The predicted molar refractivity (Wildman–Crippen MR) is 125 cm³/mol. The van der Waals surface area contributed by atoms with Crippen LogP contribution in [0.4, 0.5) is 5.82 Å². The summed E-state index contributed by atoms with van der Waals surface area (Å²) in [5.41, 5.74) is 9.65. The first-order chi connectivity index (χ1) is 15.7. The second-order valence-corrected chi connectivity index (χ2v) is 7.33. The molecule has 1 unspecified atom stereocenters. The Kier molecular flexibility index (Phi) is 5.09. The lowest BCUT2D eigenvalue weighted by Gasteiger charge is -2.17. The topological polar surface area (TPSA) is 94.0 Å². The van der Waals surface area contributed by atoms with Gasteiger partial charge in [0.2, 0.25) is 11.6 Å². The summed E-state index contributed by atoms with van der Waals surface area (Å²) in [6, 6.07) is 28.3. The Balaban J connectivity index is 1.73. The van der Waals surface area contributed by atoms with Gasteiger partial charge in [-0.15, -0.1) is 0 Å². The molecule has 0 saturated carbocycles. The van der Waals surface area contributed by atoms with Gasteiger partial charge in [-0.25, -0.2) is 9.97 Å². The zero-order chi connectivity index (χ0) is 21.9. The fourth-order valence-corrected chi connectivity index (χ4v) is 3.82. The molecule has 5 aromatic rings. The van der Waals surface area contributed by atoms with Crippen LogP contribution in [0.2, 0.25) is 0 Å². The van der Waals surface area contributed by atoms with Gasteiger partial charge < -0.3 is 15.5 Å². The number of furan rings is 1. The van der Waals surface area contributed by atoms with E-state index in [1.54, 1.807) is 0 Å². The molecule has 0 radical (unpaired) electrons. The third-order valence-corrected chi connectivity index (χ3v) is 5.29. The number of hydrogen-bond acceptors (Lipinski definition) is 5. The van der Waals surface area contributed by atoms with Crippen LogP contribution in [0.25, 0.3) is 33.6 Å². The lowest BCUT2D eigenvalue weighted by Crippen LogP contribution is -2.28. The second-order valence-electron chi connectivity index (χ2n) is 7.33. The van der Waals surface area contributed by atoms with Crippen LogP contribution in [0.3, 0.4) is 0 Å². The Bertz CT molecular complexity index is 1370. The molecule has 3 aromatic carbocycles. The minimum Gasteiger partial charge on any atom is -0.437 e. The molecular formula is C26H20N4O2. The number of aromatic nitrogens is 2. The molecule has 156 valence electrons. The highest BCUT2D eigenvalue weighted by Crippen LogP contribution is 2.42. The highest BCUT2D eigenvalue weighted by Gasteiger charge is 2.25. The van der Waals surface area contributed by atoms with Gasteiger partial charge >= 0.3 is 0 Å². The number of nitrogens with one attached hydrogen (secondary N) is 1. The van der Waals surface area contributed by atoms with Crippen molar-refractivity contribution in [1.29, 1.82) is 0 Å². The molecule has 0 spiro atoms. The van der Waals surface area contributed by atoms with Gasteiger partial charge in [0.25, 0.3) is 0 Å². The molecule has 32 heavy (non-hydrogen) atoms. The maximum Gasteiger partial charge on any atom is 0.244 e. The van der Waals surface area contributed by atoms with E-state index in [4.69, 9.17) is 10.2 Å². The van der Waals surface area contributed by atoms with Crippen molar-refractivity contribution in [1.82, 2.24) is 9.97 Å². The lowest BCUT2D eigenvalue weighted by atomic mass is 9.99. The van der Waals surface area contributed by atoms with Crippen LogP contribution in [-0.2, 0) is 4.79 Å². The minimum absolute atomic E-state index is 0.427. The molecule has 6 heteroatoms. The Hall–Kier alpha value is -4.45. The number of rotatable bonds is 6. The number of hydrogen-bond donors (Lipinski definition) is 2. The normalized spacial score (nSPS) is 11.9. The van der Waals surface area contributed by atoms with Crippen molar-refractivity contribution < 1.29 is 9.21 Å². The molecule has 0 aliphatic heterocycles. The first kappa shape index (κ1) is 19.5. The predicted octanol–water partition coefficient (Wildman–Crippen LogP) is 5.20. The van der Waals surface area contributed by atoms with Crippen molar-refractivity contribution in [3.63, 3.8) is 0 Å². The summed E-state index contributed by atoms with van der Waals surface area (Å²) in [5.74, 6) is 0.661. The average Bonchev–Trinajstić information content (AvgIpc) is 3.24. The molecule has 0 bridgehead atoms. The average molecular weight is 420 g/mol. The number of carbonyl (C=O) groups is 1. The summed E-state index contributed by atoms with van der Waals surface area (Å²) in [7, 11) is 0. The van der Waals surface area contributed by atoms with Crippen LogP contribution >= 0.6 is 0 Å². The van der Waals surface area contributed by atoms with Crippen LogP contribution in [0.5, 0.6) is 0 Å². The van der Waals surface area contributed by atoms with E-state index in [-0.39, 0.29) is 0 Å². The summed E-state index contributed by atoms with van der Waals surface area (Å²) in [5, 5.41) is 3.92. The number of primary amides is 1. The molecule has 6 nitrogen and oxygen atoms in total. The largest absolute Gasteiger partial charge is 0.437 e. The maximum atomic E-state index is 12.3. The Morgan fingerprint density at radius 1 is 0.812 bits per heavy atom. The molecule has 1 amide bonds. The number of nitrogens with zero attached hydrogens (tertiary/aromatic N) is 2. The van der Waals surface area contributed by atoms with Crippen LogP contribution in [0.1, 0.15) is 11.6 Å². The van der Waals surface area contributed by atoms with Gasteiger partial charge in [-0.1, -0.05) is 91.0 Å². The van der Waals surface area contributed by atoms with Crippen LogP contribution < -0.4 is 11.1 Å². The molecule has 0 saturated heterocycles. The third kappa shape index (κ3) is 3.58. The molecule has 0 fully saturated rings. The summed E-state index contributed by atoms with van der Waals surface area (Å²) in [6.45, 7) is 0. The van der Waals surface area contributed by atoms with Gasteiger partial charge in [0.15, 0.2) is 0 Å². The van der Waals surface area contributed by atoms with Crippen molar-refractivity contribution in [2.75, 3.05) is 5.32 Å². The quantitative estimate of drug-likeness (QED) is 0.394. The molecule has 0 aliphatic rings. The van der Waals surface area contributed by atoms with Crippen LogP contribution in [-0.4, -0.2) is 15.9 Å². The monoisotopic (exact) mass is 420 g/mol. The molecule has 5 rings (SSSR count). The number of benzene rings is 3. The van der Waals surface area contributed by atoms with Gasteiger partial charge in [0, 0.05) is 11.1 Å². The molecule has 3 N–H and O–H groups in total. The van der Waals surface area contributed by atoms with Crippen molar-refractivity contribution in [2.45, 2.75) is 6.04 Å². The zero-order valence-corrected chi connectivity index (χ0v) is 17.1. The van der Waals surface area contributed by atoms with E-state index >= 15 is 0 Å². The molecule has 2 heterocycles. The van der Waals surface area contributed by atoms with E-state index in [0.29, 0.717) is 22.7 Å². The van der Waals surface area contributed by atoms with Gasteiger partial charge in [0.1, 0.15) is 23.9 Å². The highest BCUT2D eigenvalue weighted by atomic mass is 16.3. The fraction of sp³-hybridized carbons (Fsp3) is 0.0385. The molecule has 1 atom stereocenters. The first-order valence-electron chi connectivity index (χ1n) is 10.2. The number of nitrogens with two attached hydrogens (primary N) is 1. The Morgan fingerprint density at radius 3 is 2.03 bits per heavy atom. The zero-order valence-electron chi connectivity index (χ0n) is 17.1.